The number of benzene rings is 2. The number of halogens is 2. The van der Waals surface area contributed by atoms with E-state index in [1.54, 1.807) is 11.3 Å². The molecule has 168 valence electrons. The second kappa shape index (κ2) is 9.48. The summed E-state index contributed by atoms with van der Waals surface area (Å²) in [6.45, 7) is 1.60. The maximum absolute atomic E-state index is 13.6. The first-order valence-corrected chi connectivity index (χ1v) is 11.6. The fourth-order valence-corrected chi connectivity index (χ4v) is 4.75. The Morgan fingerprint density at radius 2 is 1.88 bits per heavy atom. The van der Waals surface area contributed by atoms with Gasteiger partial charge < -0.3 is 15.7 Å². The van der Waals surface area contributed by atoms with Gasteiger partial charge in [-0.1, -0.05) is 18.2 Å². The van der Waals surface area contributed by atoms with Crippen LogP contribution >= 0.6 is 11.3 Å². The first kappa shape index (κ1) is 22.6. The molecule has 1 amide bonds. The van der Waals surface area contributed by atoms with Gasteiger partial charge in [-0.3, -0.25) is 4.79 Å². The molecule has 7 heteroatoms. The zero-order valence-corrected chi connectivity index (χ0v) is 18.6. The second-order valence-electron chi connectivity index (χ2n) is 8.41. The molecular weight excluding hydrogens is 430 g/mol. The van der Waals surface area contributed by atoms with Crippen LogP contribution in [0, 0.1) is 11.6 Å². The van der Waals surface area contributed by atoms with Crippen molar-refractivity contribution in [1.29, 1.82) is 0 Å². The van der Waals surface area contributed by atoms with Crippen molar-refractivity contribution in [3.63, 3.8) is 0 Å². The van der Waals surface area contributed by atoms with Crippen LogP contribution in [-0.4, -0.2) is 29.7 Å². The molecule has 4 nitrogen and oxygen atoms in total. The maximum Gasteiger partial charge on any atom is 0.217 e. The molecule has 0 spiro atoms. The fourth-order valence-electron chi connectivity index (χ4n) is 4.09. The number of thiophene rings is 1. The van der Waals surface area contributed by atoms with E-state index < -0.39 is 23.8 Å². The molecular formula is C25H26F2N2O2S. The molecule has 1 aliphatic rings. The van der Waals surface area contributed by atoms with Gasteiger partial charge in [0.1, 0.15) is 11.6 Å². The molecule has 0 radical (unpaired) electrons. The van der Waals surface area contributed by atoms with Crippen LogP contribution in [0.25, 0.3) is 11.1 Å². The third-order valence-electron chi connectivity index (χ3n) is 5.90. The van der Waals surface area contributed by atoms with Crippen LogP contribution in [0.4, 0.5) is 8.78 Å². The van der Waals surface area contributed by atoms with Gasteiger partial charge in [-0.05, 0) is 76.5 Å². The van der Waals surface area contributed by atoms with Crippen LogP contribution in [0.2, 0.25) is 0 Å². The topological polar surface area (TPSA) is 61.4 Å². The molecule has 2 aromatic carbocycles. The summed E-state index contributed by atoms with van der Waals surface area (Å²) >= 11 is 1.66. The molecule has 3 N–H and O–H groups in total. The van der Waals surface area contributed by atoms with Crippen molar-refractivity contribution in [3.05, 3.63) is 82.1 Å². The fraction of sp³-hybridized carbons (Fsp3) is 0.320. The van der Waals surface area contributed by atoms with Crippen LogP contribution in [0.3, 0.4) is 0 Å². The summed E-state index contributed by atoms with van der Waals surface area (Å²) in [6.07, 6.45) is 1.10. The van der Waals surface area contributed by atoms with Crippen LogP contribution < -0.4 is 10.6 Å². The van der Waals surface area contributed by atoms with Gasteiger partial charge in [-0.25, -0.2) is 8.78 Å². The molecule has 1 saturated carbocycles. The zero-order valence-electron chi connectivity index (χ0n) is 17.8. The highest BCUT2D eigenvalue weighted by atomic mass is 32.1. The van der Waals surface area contributed by atoms with E-state index in [9.17, 15) is 18.7 Å². The van der Waals surface area contributed by atoms with Crippen molar-refractivity contribution in [2.75, 3.05) is 6.54 Å². The smallest absolute Gasteiger partial charge is 0.217 e. The summed E-state index contributed by atoms with van der Waals surface area (Å²) in [5.41, 5.74) is 3.67. The van der Waals surface area contributed by atoms with Crippen LogP contribution in [0.1, 0.15) is 30.9 Å². The first-order chi connectivity index (χ1) is 15.3. The van der Waals surface area contributed by atoms with Gasteiger partial charge in [-0.15, -0.1) is 0 Å². The van der Waals surface area contributed by atoms with Crippen molar-refractivity contribution in [1.82, 2.24) is 10.6 Å². The lowest BCUT2D eigenvalue weighted by Crippen LogP contribution is -2.49. The van der Waals surface area contributed by atoms with Crippen molar-refractivity contribution in [2.45, 2.75) is 43.9 Å². The summed E-state index contributed by atoms with van der Waals surface area (Å²) in [7, 11) is 0. The molecule has 32 heavy (non-hydrogen) atoms. The number of aliphatic hydroxyl groups is 1. The molecule has 2 unspecified atom stereocenters. The molecule has 0 aliphatic heterocycles. The lowest BCUT2D eigenvalue weighted by Gasteiger charge is -2.27. The van der Waals surface area contributed by atoms with E-state index in [0.717, 1.165) is 30.0 Å². The average Bonchev–Trinajstić information content (AvgIpc) is 3.33. The lowest BCUT2D eigenvalue weighted by molar-refractivity contribution is -0.120. The lowest BCUT2D eigenvalue weighted by atomic mass is 9.97. The highest BCUT2D eigenvalue weighted by Crippen LogP contribution is 2.46. The van der Waals surface area contributed by atoms with E-state index in [1.807, 2.05) is 6.07 Å². The minimum Gasteiger partial charge on any atom is -0.390 e. The summed E-state index contributed by atoms with van der Waals surface area (Å²) < 4.78 is 27.2. The number of aliphatic hydroxyl groups excluding tert-OH is 1. The van der Waals surface area contributed by atoms with E-state index in [-0.39, 0.29) is 24.4 Å². The van der Waals surface area contributed by atoms with Gasteiger partial charge in [-0.2, -0.15) is 11.3 Å². The minimum atomic E-state index is -0.928. The predicted octanol–water partition coefficient (Wildman–Crippen LogP) is 4.38. The highest BCUT2D eigenvalue weighted by Gasteiger charge is 2.44. The number of amides is 1. The van der Waals surface area contributed by atoms with E-state index in [2.05, 4.69) is 45.7 Å². The maximum atomic E-state index is 13.6. The summed E-state index contributed by atoms with van der Waals surface area (Å²) in [5, 5.41) is 21.2. The molecule has 1 fully saturated rings. The van der Waals surface area contributed by atoms with E-state index in [0.29, 0.717) is 5.56 Å². The first-order valence-electron chi connectivity index (χ1n) is 10.6. The van der Waals surface area contributed by atoms with Crippen molar-refractivity contribution < 1.29 is 18.7 Å². The van der Waals surface area contributed by atoms with Gasteiger partial charge in [0.2, 0.25) is 5.91 Å². The number of hydrogen-bond donors (Lipinski definition) is 3. The average molecular weight is 457 g/mol. The van der Waals surface area contributed by atoms with Crippen molar-refractivity contribution in [2.24, 2.45) is 0 Å². The van der Waals surface area contributed by atoms with Gasteiger partial charge in [0.15, 0.2) is 0 Å². The van der Waals surface area contributed by atoms with Gasteiger partial charge in [0.25, 0.3) is 0 Å². The Labute approximate surface area is 190 Å². The SMILES string of the molecule is CC(=O)NC(Cc1cc(F)cc(F)c1)C(O)CNC1(c2cccc(-c3ccsc3)c2)CC1. The molecule has 2 atom stereocenters. The summed E-state index contributed by atoms with van der Waals surface area (Å²) in [6, 6.07) is 13.0. The van der Waals surface area contributed by atoms with E-state index in [4.69, 9.17) is 0 Å². The largest absolute Gasteiger partial charge is 0.390 e. The number of nitrogens with one attached hydrogen (secondary N) is 2. The Hall–Kier alpha value is -2.61. The third kappa shape index (κ3) is 5.41. The van der Waals surface area contributed by atoms with E-state index in [1.165, 1.54) is 24.6 Å². The standard InChI is InChI=1S/C25H26F2N2O2S/c1-16(30)29-23(11-17-9-21(26)13-22(27)10-17)24(31)14-28-25(6-7-25)20-4-2-3-18(12-20)19-5-8-32-15-19/h2-5,8-10,12-13,15,23-24,28,31H,6-7,11,14H2,1H3,(H,29,30). The molecule has 0 saturated heterocycles. The Balaban J connectivity index is 1.45. The highest BCUT2D eigenvalue weighted by molar-refractivity contribution is 7.08. The molecule has 1 heterocycles. The summed E-state index contributed by atoms with van der Waals surface area (Å²) in [5.74, 6) is -1.68. The molecule has 1 aliphatic carbocycles. The molecule has 0 bridgehead atoms. The van der Waals surface area contributed by atoms with Crippen LogP contribution in [0.15, 0.2) is 59.3 Å². The van der Waals surface area contributed by atoms with E-state index >= 15 is 0 Å². The zero-order chi connectivity index (χ0) is 22.7. The Morgan fingerprint density at radius 1 is 1.12 bits per heavy atom. The molecule has 1 aromatic heterocycles. The number of carbonyl (C=O) groups excluding carboxylic acids is 1. The Bertz CT molecular complexity index is 1060. The molecule has 3 aromatic rings. The van der Waals surface area contributed by atoms with Crippen molar-refractivity contribution >= 4 is 17.2 Å². The number of hydrogen-bond acceptors (Lipinski definition) is 4. The quantitative estimate of drug-likeness (QED) is 0.448. The number of carbonyl (C=O) groups is 1. The van der Waals surface area contributed by atoms with Gasteiger partial charge >= 0.3 is 0 Å². The van der Waals surface area contributed by atoms with Crippen LogP contribution in [-0.2, 0) is 16.8 Å². The van der Waals surface area contributed by atoms with Crippen molar-refractivity contribution in [3.8, 4) is 11.1 Å². The molecule has 4 rings (SSSR count). The Kier molecular flexibility index (Phi) is 6.69. The van der Waals surface area contributed by atoms with Gasteiger partial charge in [0, 0.05) is 25.1 Å². The number of rotatable bonds is 9. The van der Waals surface area contributed by atoms with Crippen LogP contribution in [0.5, 0.6) is 0 Å². The minimum absolute atomic E-state index is 0.123. The predicted molar refractivity (Wildman–Crippen MR) is 122 cm³/mol. The Morgan fingerprint density at radius 3 is 2.50 bits per heavy atom. The normalized spacial score (nSPS) is 16.4. The third-order valence-corrected chi connectivity index (χ3v) is 6.58. The summed E-state index contributed by atoms with van der Waals surface area (Å²) in [4.78, 5) is 11.7. The monoisotopic (exact) mass is 456 g/mol. The second-order valence-corrected chi connectivity index (χ2v) is 9.19. The van der Waals surface area contributed by atoms with Gasteiger partial charge in [0.05, 0.1) is 12.1 Å².